The molecule has 0 saturated carbocycles. The molecule has 1 fully saturated rings. The minimum Gasteiger partial charge on any atom is -0.486 e. The molecule has 0 radical (unpaired) electrons. The summed E-state index contributed by atoms with van der Waals surface area (Å²) >= 11 is 6.20. The van der Waals surface area contributed by atoms with Gasteiger partial charge in [0.25, 0.3) is 5.91 Å². The fourth-order valence-corrected chi connectivity index (χ4v) is 3.67. The fraction of sp³-hybridized carbons (Fsp3) is 0.364. The van der Waals surface area contributed by atoms with Crippen LogP contribution in [0.1, 0.15) is 33.8 Å². The zero-order chi connectivity index (χ0) is 21.8. The monoisotopic (exact) mass is 441 g/mol. The molecule has 0 N–H and O–H groups in total. The largest absolute Gasteiger partial charge is 0.486 e. The number of aromatic nitrogens is 3. The van der Waals surface area contributed by atoms with E-state index in [9.17, 15) is 4.79 Å². The molecule has 9 heteroatoms. The Morgan fingerprint density at radius 3 is 2.58 bits per heavy atom. The average Bonchev–Trinajstić information content (AvgIpc) is 3.12. The Labute approximate surface area is 185 Å². The van der Waals surface area contributed by atoms with E-state index >= 15 is 0 Å². The first-order valence-corrected chi connectivity index (χ1v) is 10.6. The Kier molecular flexibility index (Phi) is 6.36. The van der Waals surface area contributed by atoms with Crippen LogP contribution in [-0.2, 0) is 6.61 Å². The molecule has 8 nitrogen and oxygen atoms in total. The lowest BCUT2D eigenvalue weighted by atomic mass is 10.1. The number of anilines is 1. The summed E-state index contributed by atoms with van der Waals surface area (Å²) in [6, 6.07) is 7.17. The van der Waals surface area contributed by atoms with Crippen molar-refractivity contribution in [2.45, 2.75) is 26.9 Å². The highest BCUT2D eigenvalue weighted by molar-refractivity contribution is 6.32. The summed E-state index contributed by atoms with van der Waals surface area (Å²) in [4.78, 5) is 25.4. The Bertz CT molecular complexity index is 1030. The van der Waals surface area contributed by atoms with Crippen LogP contribution in [0.15, 0.2) is 41.2 Å². The quantitative estimate of drug-likeness (QED) is 0.597. The number of hydrogen-bond acceptors (Lipinski definition) is 7. The van der Waals surface area contributed by atoms with Gasteiger partial charge < -0.3 is 19.1 Å². The van der Waals surface area contributed by atoms with E-state index in [1.807, 2.05) is 26.0 Å². The summed E-state index contributed by atoms with van der Waals surface area (Å²) < 4.78 is 11.1. The topological polar surface area (TPSA) is 84.6 Å². The first-order valence-electron chi connectivity index (χ1n) is 10.2. The molecule has 0 unspecified atom stereocenters. The van der Waals surface area contributed by atoms with E-state index in [2.05, 4.69) is 20.0 Å². The SMILES string of the molecule is Cc1cc(OCc2cc(C(=O)N3CCCN(c4ncccn4)CC3)no2)cc(C)c1Cl. The molecule has 31 heavy (non-hydrogen) atoms. The van der Waals surface area contributed by atoms with E-state index in [-0.39, 0.29) is 18.2 Å². The van der Waals surface area contributed by atoms with Crippen molar-refractivity contribution < 1.29 is 14.1 Å². The summed E-state index contributed by atoms with van der Waals surface area (Å²) in [7, 11) is 0. The number of halogens is 1. The van der Waals surface area contributed by atoms with Gasteiger partial charge in [0.1, 0.15) is 12.4 Å². The lowest BCUT2D eigenvalue weighted by Gasteiger charge is -2.21. The molecular weight excluding hydrogens is 418 g/mol. The maximum absolute atomic E-state index is 12.9. The predicted octanol–water partition coefficient (Wildman–Crippen LogP) is 3.67. The number of benzene rings is 1. The van der Waals surface area contributed by atoms with E-state index in [0.717, 1.165) is 29.1 Å². The van der Waals surface area contributed by atoms with Gasteiger partial charge in [0.15, 0.2) is 11.5 Å². The van der Waals surface area contributed by atoms with E-state index in [1.165, 1.54) is 0 Å². The molecule has 1 aromatic carbocycles. The Morgan fingerprint density at radius 1 is 1.10 bits per heavy atom. The molecule has 2 aromatic heterocycles. The molecule has 1 saturated heterocycles. The molecule has 1 aliphatic heterocycles. The number of amides is 1. The zero-order valence-corrected chi connectivity index (χ0v) is 18.3. The van der Waals surface area contributed by atoms with Crippen molar-refractivity contribution in [1.29, 1.82) is 0 Å². The maximum atomic E-state index is 12.9. The van der Waals surface area contributed by atoms with Crippen LogP contribution in [0, 0.1) is 13.8 Å². The van der Waals surface area contributed by atoms with Gasteiger partial charge in [-0.25, -0.2) is 9.97 Å². The van der Waals surface area contributed by atoms with Crippen molar-refractivity contribution in [3.63, 3.8) is 0 Å². The second-order valence-electron chi connectivity index (χ2n) is 7.52. The highest BCUT2D eigenvalue weighted by atomic mass is 35.5. The van der Waals surface area contributed by atoms with Gasteiger partial charge in [0.2, 0.25) is 5.95 Å². The zero-order valence-electron chi connectivity index (χ0n) is 17.5. The number of rotatable bonds is 5. The van der Waals surface area contributed by atoms with Gasteiger partial charge in [-0.15, -0.1) is 0 Å². The number of hydrogen-bond donors (Lipinski definition) is 0. The molecule has 162 valence electrons. The molecular formula is C22H24ClN5O3. The van der Waals surface area contributed by atoms with Gasteiger partial charge in [-0.2, -0.15) is 0 Å². The summed E-state index contributed by atoms with van der Waals surface area (Å²) in [6.45, 7) is 6.72. The number of carbonyl (C=O) groups excluding carboxylic acids is 1. The first kappa shape index (κ1) is 21.1. The molecule has 3 aromatic rings. The van der Waals surface area contributed by atoms with Crippen molar-refractivity contribution >= 4 is 23.5 Å². The van der Waals surface area contributed by atoms with Crippen LogP contribution in [0.3, 0.4) is 0 Å². The Balaban J connectivity index is 1.36. The van der Waals surface area contributed by atoms with Gasteiger partial charge in [-0.3, -0.25) is 4.79 Å². The van der Waals surface area contributed by atoms with Gasteiger partial charge in [-0.05, 0) is 49.6 Å². The third-order valence-corrected chi connectivity index (χ3v) is 5.78. The number of ether oxygens (including phenoxy) is 1. The summed E-state index contributed by atoms with van der Waals surface area (Å²) in [5.41, 5.74) is 2.17. The van der Waals surface area contributed by atoms with Crippen LogP contribution in [0.2, 0.25) is 5.02 Å². The van der Waals surface area contributed by atoms with E-state index in [0.29, 0.717) is 37.1 Å². The highest BCUT2D eigenvalue weighted by Crippen LogP contribution is 2.26. The van der Waals surface area contributed by atoms with Crippen molar-refractivity contribution in [3.8, 4) is 5.75 Å². The van der Waals surface area contributed by atoms with Crippen LogP contribution in [0.25, 0.3) is 0 Å². The molecule has 0 aliphatic carbocycles. The van der Waals surface area contributed by atoms with Crippen molar-refractivity contribution in [2.75, 3.05) is 31.1 Å². The number of carbonyl (C=O) groups is 1. The van der Waals surface area contributed by atoms with Crippen LogP contribution in [0.5, 0.6) is 5.75 Å². The van der Waals surface area contributed by atoms with Crippen LogP contribution in [-0.4, -0.2) is 52.1 Å². The fourth-order valence-electron chi connectivity index (χ4n) is 3.56. The van der Waals surface area contributed by atoms with Gasteiger partial charge in [0, 0.05) is 49.7 Å². The first-order chi connectivity index (χ1) is 15.0. The molecule has 1 aliphatic rings. The van der Waals surface area contributed by atoms with E-state index in [1.54, 1.807) is 29.4 Å². The standard InChI is InChI=1S/C22H24ClN5O3/c1-15-11-17(12-16(2)20(15)23)30-14-18-13-19(26-31-18)21(29)27-7-4-8-28(10-9-27)22-24-5-3-6-25-22/h3,5-6,11-13H,4,7-10,14H2,1-2H3. The maximum Gasteiger partial charge on any atom is 0.276 e. The highest BCUT2D eigenvalue weighted by Gasteiger charge is 2.24. The van der Waals surface area contributed by atoms with Crippen molar-refractivity contribution in [1.82, 2.24) is 20.0 Å². The average molecular weight is 442 g/mol. The third-order valence-electron chi connectivity index (χ3n) is 5.19. The summed E-state index contributed by atoms with van der Waals surface area (Å²) in [5.74, 6) is 1.72. The smallest absolute Gasteiger partial charge is 0.276 e. The van der Waals surface area contributed by atoms with Gasteiger partial charge in [-0.1, -0.05) is 16.8 Å². The minimum absolute atomic E-state index is 0.149. The molecule has 4 rings (SSSR count). The van der Waals surface area contributed by atoms with Crippen LogP contribution in [0.4, 0.5) is 5.95 Å². The Morgan fingerprint density at radius 2 is 1.84 bits per heavy atom. The predicted molar refractivity (Wildman–Crippen MR) is 117 cm³/mol. The molecule has 0 bridgehead atoms. The molecule has 0 atom stereocenters. The number of aryl methyl sites for hydroxylation is 2. The van der Waals surface area contributed by atoms with E-state index in [4.69, 9.17) is 20.9 Å². The minimum atomic E-state index is -0.149. The second kappa shape index (κ2) is 9.34. The van der Waals surface area contributed by atoms with Crippen LogP contribution < -0.4 is 9.64 Å². The summed E-state index contributed by atoms with van der Waals surface area (Å²) in [6.07, 6.45) is 4.27. The second-order valence-corrected chi connectivity index (χ2v) is 7.90. The van der Waals surface area contributed by atoms with Gasteiger partial charge in [0.05, 0.1) is 0 Å². The van der Waals surface area contributed by atoms with Crippen molar-refractivity contribution in [3.05, 3.63) is 64.3 Å². The normalized spacial score (nSPS) is 14.4. The van der Waals surface area contributed by atoms with Gasteiger partial charge >= 0.3 is 0 Å². The number of nitrogens with zero attached hydrogens (tertiary/aromatic N) is 5. The Hall–Kier alpha value is -3.13. The third kappa shape index (κ3) is 4.96. The van der Waals surface area contributed by atoms with Crippen LogP contribution >= 0.6 is 11.6 Å². The van der Waals surface area contributed by atoms with Crippen molar-refractivity contribution in [2.24, 2.45) is 0 Å². The van der Waals surface area contributed by atoms with E-state index < -0.39 is 0 Å². The summed E-state index contributed by atoms with van der Waals surface area (Å²) in [5, 5.41) is 4.69. The lowest BCUT2D eigenvalue weighted by molar-refractivity contribution is 0.0756. The lowest BCUT2D eigenvalue weighted by Crippen LogP contribution is -2.35. The molecule has 1 amide bonds. The molecule has 0 spiro atoms. The molecule has 3 heterocycles.